The number of halogens is 1. The van der Waals surface area contributed by atoms with Gasteiger partial charge in [-0.3, -0.25) is 4.79 Å². The number of ether oxygens (including phenoxy) is 2. The molecule has 7 nitrogen and oxygen atoms in total. The molecule has 1 unspecified atom stereocenters. The van der Waals surface area contributed by atoms with Gasteiger partial charge in [-0.05, 0) is 12.1 Å². The molecule has 0 bridgehead atoms. The summed E-state index contributed by atoms with van der Waals surface area (Å²) >= 11 is 0. The van der Waals surface area contributed by atoms with Crippen molar-refractivity contribution in [2.75, 3.05) is 20.3 Å². The van der Waals surface area contributed by atoms with E-state index in [0.717, 1.165) is 12.1 Å². The number of aliphatic carboxylic acids is 1. The van der Waals surface area contributed by atoms with Crippen molar-refractivity contribution >= 4 is 16.0 Å². The zero-order chi connectivity index (χ0) is 15.7. The lowest BCUT2D eigenvalue weighted by atomic mass is 10.0. The molecule has 1 aromatic rings. The number of methoxy groups -OCH3 is 1. The van der Waals surface area contributed by atoms with Crippen molar-refractivity contribution in [3.63, 3.8) is 0 Å². The van der Waals surface area contributed by atoms with Gasteiger partial charge in [0, 0.05) is 19.1 Å². The Morgan fingerprint density at radius 1 is 1.52 bits per heavy atom. The standard InChI is InChI=1S/C12H14FNO6S/c1-19-8-2-3-10(9(13)6-8)21(17,18)14-12(11(15)16)4-5-20-7-12/h2-3,6,14H,4-5,7H2,1H3,(H,15,16). The van der Waals surface area contributed by atoms with E-state index in [1.807, 2.05) is 4.72 Å². The molecule has 116 valence electrons. The van der Waals surface area contributed by atoms with Gasteiger partial charge in [-0.2, -0.15) is 4.72 Å². The van der Waals surface area contributed by atoms with Gasteiger partial charge in [0.25, 0.3) is 0 Å². The Balaban J connectivity index is 2.36. The molecular weight excluding hydrogens is 305 g/mol. The maximum atomic E-state index is 13.9. The van der Waals surface area contributed by atoms with E-state index in [1.54, 1.807) is 0 Å². The molecule has 0 aliphatic carbocycles. The molecule has 9 heteroatoms. The second-order valence-corrected chi connectivity index (χ2v) is 6.24. The molecule has 1 aliphatic heterocycles. The number of sulfonamides is 1. The predicted molar refractivity (Wildman–Crippen MR) is 69.1 cm³/mol. The van der Waals surface area contributed by atoms with Crippen LogP contribution in [0.1, 0.15) is 6.42 Å². The first-order chi connectivity index (χ1) is 9.81. The van der Waals surface area contributed by atoms with Crippen LogP contribution in [-0.4, -0.2) is 45.4 Å². The van der Waals surface area contributed by atoms with Crippen LogP contribution in [0.3, 0.4) is 0 Å². The van der Waals surface area contributed by atoms with Crippen LogP contribution in [0.15, 0.2) is 23.1 Å². The summed E-state index contributed by atoms with van der Waals surface area (Å²) < 4.78 is 50.0. The van der Waals surface area contributed by atoms with Crippen molar-refractivity contribution in [1.29, 1.82) is 0 Å². The molecule has 1 aliphatic rings. The van der Waals surface area contributed by atoms with Gasteiger partial charge in [-0.25, -0.2) is 12.8 Å². The first kappa shape index (κ1) is 15.7. The fraction of sp³-hybridized carbons (Fsp3) is 0.417. The molecule has 2 rings (SSSR count). The summed E-state index contributed by atoms with van der Waals surface area (Å²) in [7, 11) is -3.03. The molecule has 0 radical (unpaired) electrons. The first-order valence-electron chi connectivity index (χ1n) is 5.99. The van der Waals surface area contributed by atoms with Crippen LogP contribution in [0.2, 0.25) is 0 Å². The number of hydrogen-bond donors (Lipinski definition) is 2. The Bertz CT molecular complexity index is 654. The summed E-state index contributed by atoms with van der Waals surface area (Å²) in [5.41, 5.74) is -1.77. The maximum absolute atomic E-state index is 13.9. The topological polar surface area (TPSA) is 102 Å². The lowest BCUT2D eigenvalue weighted by molar-refractivity contribution is -0.144. The highest BCUT2D eigenvalue weighted by Gasteiger charge is 2.46. The van der Waals surface area contributed by atoms with Crippen molar-refractivity contribution in [3.8, 4) is 5.75 Å². The van der Waals surface area contributed by atoms with Crippen LogP contribution < -0.4 is 9.46 Å². The molecule has 0 saturated carbocycles. The van der Waals surface area contributed by atoms with Crippen molar-refractivity contribution in [1.82, 2.24) is 4.72 Å². The molecule has 1 saturated heterocycles. The van der Waals surface area contributed by atoms with Crippen molar-refractivity contribution in [3.05, 3.63) is 24.0 Å². The smallest absolute Gasteiger partial charge is 0.327 e. The summed E-state index contributed by atoms with van der Waals surface area (Å²) in [4.78, 5) is 10.7. The zero-order valence-electron chi connectivity index (χ0n) is 11.1. The number of nitrogens with one attached hydrogen (secondary N) is 1. The van der Waals surface area contributed by atoms with Crippen LogP contribution in [0.4, 0.5) is 4.39 Å². The predicted octanol–water partition coefficient (Wildman–Crippen LogP) is 0.356. The molecule has 1 atom stereocenters. The minimum atomic E-state index is -4.34. The minimum absolute atomic E-state index is 0.0284. The fourth-order valence-corrected chi connectivity index (χ4v) is 3.43. The van der Waals surface area contributed by atoms with Gasteiger partial charge in [0.15, 0.2) is 5.54 Å². The summed E-state index contributed by atoms with van der Waals surface area (Å²) in [5.74, 6) is -2.23. The summed E-state index contributed by atoms with van der Waals surface area (Å²) in [6.07, 6.45) is -0.0284. The number of benzene rings is 1. The second-order valence-electron chi connectivity index (χ2n) is 4.59. The van der Waals surface area contributed by atoms with Gasteiger partial charge in [-0.15, -0.1) is 0 Å². The van der Waals surface area contributed by atoms with E-state index in [9.17, 15) is 22.7 Å². The van der Waals surface area contributed by atoms with E-state index < -0.39 is 32.2 Å². The van der Waals surface area contributed by atoms with E-state index in [2.05, 4.69) is 0 Å². The minimum Gasteiger partial charge on any atom is -0.497 e. The zero-order valence-corrected chi connectivity index (χ0v) is 11.9. The van der Waals surface area contributed by atoms with Crippen LogP contribution in [0, 0.1) is 5.82 Å². The van der Waals surface area contributed by atoms with Gasteiger partial charge in [0.1, 0.15) is 16.5 Å². The van der Waals surface area contributed by atoms with E-state index in [0.29, 0.717) is 0 Å². The molecule has 0 aromatic heterocycles. The van der Waals surface area contributed by atoms with E-state index in [-0.39, 0.29) is 25.4 Å². The Kier molecular flexibility index (Phi) is 4.17. The Morgan fingerprint density at radius 2 is 2.24 bits per heavy atom. The monoisotopic (exact) mass is 319 g/mol. The van der Waals surface area contributed by atoms with Gasteiger partial charge < -0.3 is 14.6 Å². The molecular formula is C12H14FNO6S. The number of hydrogen-bond acceptors (Lipinski definition) is 5. The molecule has 1 heterocycles. The third-order valence-corrected chi connectivity index (χ3v) is 4.76. The third-order valence-electron chi connectivity index (χ3n) is 3.19. The average Bonchev–Trinajstić information content (AvgIpc) is 2.87. The molecule has 21 heavy (non-hydrogen) atoms. The van der Waals surface area contributed by atoms with Gasteiger partial charge in [-0.1, -0.05) is 0 Å². The first-order valence-corrected chi connectivity index (χ1v) is 7.48. The van der Waals surface area contributed by atoms with Crippen LogP contribution in [-0.2, 0) is 19.6 Å². The number of rotatable bonds is 5. The Labute approximate surface area is 120 Å². The quantitative estimate of drug-likeness (QED) is 0.812. The van der Waals surface area contributed by atoms with Crippen LogP contribution in [0.5, 0.6) is 5.75 Å². The highest BCUT2D eigenvalue weighted by molar-refractivity contribution is 7.89. The second kappa shape index (κ2) is 5.58. The summed E-state index contributed by atoms with van der Waals surface area (Å²) in [6.45, 7) is -0.195. The Hall–Kier alpha value is -1.71. The molecule has 0 amide bonds. The van der Waals surface area contributed by atoms with Crippen molar-refractivity contribution in [2.45, 2.75) is 16.9 Å². The number of carboxylic acid groups (broad SMARTS) is 1. The SMILES string of the molecule is COc1ccc(S(=O)(=O)NC2(C(=O)O)CCOC2)c(F)c1. The van der Waals surface area contributed by atoms with Crippen LogP contribution >= 0.6 is 0 Å². The summed E-state index contributed by atoms with van der Waals surface area (Å²) in [5, 5.41) is 9.20. The van der Waals surface area contributed by atoms with Gasteiger partial charge in [0.2, 0.25) is 10.0 Å². The number of carboxylic acids is 1. The largest absolute Gasteiger partial charge is 0.497 e. The van der Waals surface area contributed by atoms with E-state index in [4.69, 9.17) is 9.47 Å². The molecule has 0 spiro atoms. The van der Waals surface area contributed by atoms with Crippen molar-refractivity contribution in [2.24, 2.45) is 0 Å². The van der Waals surface area contributed by atoms with Crippen molar-refractivity contribution < 1.29 is 32.2 Å². The molecule has 1 fully saturated rings. The molecule has 2 N–H and O–H groups in total. The van der Waals surface area contributed by atoms with Crippen LogP contribution in [0.25, 0.3) is 0 Å². The maximum Gasteiger partial charge on any atom is 0.327 e. The highest BCUT2D eigenvalue weighted by atomic mass is 32.2. The third kappa shape index (κ3) is 2.99. The lowest BCUT2D eigenvalue weighted by Crippen LogP contribution is -2.55. The van der Waals surface area contributed by atoms with E-state index in [1.165, 1.54) is 13.2 Å². The van der Waals surface area contributed by atoms with Gasteiger partial charge >= 0.3 is 5.97 Å². The Morgan fingerprint density at radius 3 is 2.71 bits per heavy atom. The summed E-state index contributed by atoms with van der Waals surface area (Å²) in [6, 6.07) is 3.20. The highest BCUT2D eigenvalue weighted by Crippen LogP contribution is 2.25. The molecule has 1 aromatic carbocycles. The fourth-order valence-electron chi connectivity index (χ4n) is 2.00. The average molecular weight is 319 g/mol. The van der Waals surface area contributed by atoms with E-state index >= 15 is 0 Å². The number of carbonyl (C=O) groups is 1. The lowest BCUT2D eigenvalue weighted by Gasteiger charge is -2.23. The normalized spacial score (nSPS) is 22.2. The van der Waals surface area contributed by atoms with Gasteiger partial charge in [0.05, 0.1) is 13.7 Å².